The SMILES string of the molecule is O=C(O)c1c[nH]c(=O)c(C(F)F)c1Cl. The van der Waals surface area contributed by atoms with Crippen molar-refractivity contribution in [2.75, 3.05) is 0 Å². The number of carbonyl (C=O) groups is 1. The summed E-state index contributed by atoms with van der Waals surface area (Å²) in [5, 5.41) is 7.79. The molecule has 0 aliphatic heterocycles. The molecule has 1 aromatic rings. The van der Waals surface area contributed by atoms with Crippen LogP contribution in [0.25, 0.3) is 0 Å². The van der Waals surface area contributed by atoms with Crippen LogP contribution in [-0.4, -0.2) is 16.1 Å². The molecule has 4 nitrogen and oxygen atoms in total. The number of hydrogen-bond donors (Lipinski definition) is 2. The number of aromatic carboxylic acids is 1. The smallest absolute Gasteiger partial charge is 0.338 e. The molecule has 7 heteroatoms. The van der Waals surface area contributed by atoms with Crippen LogP contribution >= 0.6 is 11.6 Å². The molecule has 0 fully saturated rings. The van der Waals surface area contributed by atoms with Gasteiger partial charge in [-0.05, 0) is 0 Å². The monoisotopic (exact) mass is 223 g/mol. The molecule has 0 aliphatic rings. The lowest BCUT2D eigenvalue weighted by molar-refractivity contribution is 0.0696. The number of halogens is 3. The largest absolute Gasteiger partial charge is 0.478 e. The van der Waals surface area contributed by atoms with E-state index in [1.165, 1.54) is 0 Å². The van der Waals surface area contributed by atoms with Crippen molar-refractivity contribution in [1.29, 1.82) is 0 Å². The summed E-state index contributed by atoms with van der Waals surface area (Å²) in [6.07, 6.45) is -2.33. The number of carboxylic acid groups (broad SMARTS) is 1. The second kappa shape index (κ2) is 3.75. The first-order valence-corrected chi connectivity index (χ1v) is 3.75. The Morgan fingerprint density at radius 1 is 1.57 bits per heavy atom. The summed E-state index contributed by atoms with van der Waals surface area (Å²) < 4.78 is 24.5. The maximum atomic E-state index is 12.2. The van der Waals surface area contributed by atoms with Crippen LogP contribution in [0.3, 0.4) is 0 Å². The van der Waals surface area contributed by atoms with Gasteiger partial charge in [0.15, 0.2) is 0 Å². The van der Waals surface area contributed by atoms with E-state index in [0.717, 1.165) is 6.20 Å². The Morgan fingerprint density at radius 2 is 2.14 bits per heavy atom. The third-order valence-corrected chi connectivity index (χ3v) is 1.92. The van der Waals surface area contributed by atoms with Crippen LogP contribution in [-0.2, 0) is 0 Å². The molecule has 0 amide bonds. The summed E-state index contributed by atoms with van der Waals surface area (Å²) in [6, 6.07) is 0. The quantitative estimate of drug-likeness (QED) is 0.801. The zero-order chi connectivity index (χ0) is 10.9. The number of pyridine rings is 1. The van der Waals surface area contributed by atoms with Gasteiger partial charge in [-0.25, -0.2) is 13.6 Å². The highest BCUT2D eigenvalue weighted by atomic mass is 35.5. The van der Waals surface area contributed by atoms with Gasteiger partial charge in [0.1, 0.15) is 5.56 Å². The van der Waals surface area contributed by atoms with E-state index in [0.29, 0.717) is 0 Å². The highest BCUT2D eigenvalue weighted by Gasteiger charge is 2.22. The van der Waals surface area contributed by atoms with Crippen LogP contribution in [0, 0.1) is 0 Å². The minimum atomic E-state index is -3.11. The number of rotatable bonds is 2. The van der Waals surface area contributed by atoms with Crippen molar-refractivity contribution in [1.82, 2.24) is 4.98 Å². The standard InChI is InChI=1S/C7H4ClF2NO3/c8-4-2(7(13)14)1-11-6(12)3(4)5(9)10/h1,5H,(H,11,12)(H,13,14). The van der Waals surface area contributed by atoms with Crippen molar-refractivity contribution in [2.24, 2.45) is 0 Å². The molecule has 1 heterocycles. The number of alkyl halides is 2. The van der Waals surface area contributed by atoms with Crippen molar-refractivity contribution in [3.63, 3.8) is 0 Å². The Bertz CT molecular complexity index is 429. The highest BCUT2D eigenvalue weighted by molar-refractivity contribution is 6.34. The van der Waals surface area contributed by atoms with Gasteiger partial charge in [0.05, 0.1) is 10.6 Å². The summed E-state index contributed by atoms with van der Waals surface area (Å²) in [4.78, 5) is 23.2. The van der Waals surface area contributed by atoms with Gasteiger partial charge in [-0.2, -0.15) is 0 Å². The van der Waals surface area contributed by atoms with E-state index in [4.69, 9.17) is 16.7 Å². The van der Waals surface area contributed by atoms with Gasteiger partial charge >= 0.3 is 5.97 Å². The maximum absolute atomic E-state index is 12.2. The molecule has 0 aliphatic carbocycles. The van der Waals surface area contributed by atoms with Gasteiger partial charge in [-0.3, -0.25) is 4.79 Å². The summed E-state index contributed by atoms with van der Waals surface area (Å²) in [5.74, 6) is -1.48. The van der Waals surface area contributed by atoms with Gasteiger partial charge in [0.2, 0.25) is 0 Å². The number of aromatic amines is 1. The fraction of sp³-hybridized carbons (Fsp3) is 0.143. The second-order valence-corrected chi connectivity index (χ2v) is 2.74. The van der Waals surface area contributed by atoms with Crippen molar-refractivity contribution in [2.45, 2.75) is 6.43 Å². The third-order valence-electron chi connectivity index (χ3n) is 1.51. The van der Waals surface area contributed by atoms with Crippen molar-refractivity contribution < 1.29 is 18.7 Å². The molecule has 2 N–H and O–H groups in total. The Kier molecular flexibility index (Phi) is 2.85. The Labute approximate surface area is 81.1 Å². The van der Waals surface area contributed by atoms with Crippen LogP contribution in [0.2, 0.25) is 5.02 Å². The lowest BCUT2D eigenvalue weighted by Gasteiger charge is -2.03. The predicted molar refractivity (Wildman–Crippen MR) is 44.0 cm³/mol. The molecule has 0 atom stereocenters. The summed E-state index contributed by atoms with van der Waals surface area (Å²) in [7, 11) is 0. The van der Waals surface area contributed by atoms with E-state index in [1.807, 2.05) is 4.98 Å². The second-order valence-electron chi connectivity index (χ2n) is 2.36. The molecule has 14 heavy (non-hydrogen) atoms. The summed E-state index contributed by atoms with van der Waals surface area (Å²) in [6.45, 7) is 0. The average molecular weight is 224 g/mol. The van der Waals surface area contributed by atoms with Crippen molar-refractivity contribution >= 4 is 17.6 Å². The molecule has 76 valence electrons. The van der Waals surface area contributed by atoms with Gasteiger partial charge in [-0.15, -0.1) is 0 Å². The molecular weight excluding hydrogens is 220 g/mol. The third kappa shape index (κ3) is 1.74. The van der Waals surface area contributed by atoms with Gasteiger partial charge < -0.3 is 10.1 Å². The van der Waals surface area contributed by atoms with Crippen LogP contribution in [0.5, 0.6) is 0 Å². The molecule has 0 aromatic carbocycles. The Hall–Kier alpha value is -1.43. The first-order valence-electron chi connectivity index (χ1n) is 3.37. The normalized spacial score (nSPS) is 10.6. The average Bonchev–Trinajstić information content (AvgIpc) is 2.02. The highest BCUT2D eigenvalue weighted by Crippen LogP contribution is 2.25. The molecule has 0 spiro atoms. The van der Waals surface area contributed by atoms with Gasteiger partial charge in [0, 0.05) is 6.20 Å². The molecule has 1 rings (SSSR count). The Morgan fingerprint density at radius 3 is 2.57 bits per heavy atom. The predicted octanol–water partition coefficient (Wildman–Crippen LogP) is 1.66. The minimum Gasteiger partial charge on any atom is -0.478 e. The van der Waals surface area contributed by atoms with E-state index in [2.05, 4.69) is 0 Å². The molecule has 0 bridgehead atoms. The van der Waals surface area contributed by atoms with Crippen LogP contribution < -0.4 is 5.56 Å². The van der Waals surface area contributed by atoms with E-state index < -0.39 is 34.1 Å². The molecular formula is C7H4ClF2NO3. The molecule has 0 saturated heterocycles. The zero-order valence-corrected chi connectivity index (χ0v) is 7.31. The fourth-order valence-corrected chi connectivity index (χ4v) is 1.18. The molecule has 0 radical (unpaired) electrons. The van der Waals surface area contributed by atoms with Crippen LogP contribution in [0.1, 0.15) is 22.3 Å². The van der Waals surface area contributed by atoms with Gasteiger partial charge in [0.25, 0.3) is 12.0 Å². The van der Waals surface area contributed by atoms with Crippen LogP contribution in [0.15, 0.2) is 11.0 Å². The fourth-order valence-electron chi connectivity index (χ4n) is 0.874. The van der Waals surface area contributed by atoms with E-state index in [1.54, 1.807) is 0 Å². The number of nitrogens with one attached hydrogen (secondary N) is 1. The molecule has 0 saturated carbocycles. The lowest BCUT2D eigenvalue weighted by Crippen LogP contribution is -2.16. The minimum absolute atomic E-state index is 0.554. The topological polar surface area (TPSA) is 70.2 Å². The summed E-state index contributed by atoms with van der Waals surface area (Å²) >= 11 is 5.32. The van der Waals surface area contributed by atoms with Crippen molar-refractivity contribution in [3.05, 3.63) is 32.7 Å². The van der Waals surface area contributed by atoms with E-state index >= 15 is 0 Å². The first kappa shape index (κ1) is 10.6. The number of hydrogen-bond acceptors (Lipinski definition) is 2. The first-order chi connectivity index (χ1) is 6.45. The Balaban J connectivity index is 3.49. The van der Waals surface area contributed by atoms with Crippen molar-refractivity contribution in [3.8, 4) is 0 Å². The van der Waals surface area contributed by atoms with E-state index in [-0.39, 0.29) is 0 Å². The zero-order valence-electron chi connectivity index (χ0n) is 6.55. The number of aromatic nitrogens is 1. The van der Waals surface area contributed by atoms with Gasteiger partial charge in [-0.1, -0.05) is 11.6 Å². The lowest BCUT2D eigenvalue weighted by atomic mass is 10.2. The maximum Gasteiger partial charge on any atom is 0.338 e. The number of carboxylic acids is 1. The molecule has 0 unspecified atom stereocenters. The van der Waals surface area contributed by atoms with Crippen LogP contribution in [0.4, 0.5) is 8.78 Å². The molecule has 1 aromatic heterocycles. The van der Waals surface area contributed by atoms with E-state index in [9.17, 15) is 18.4 Å². The summed E-state index contributed by atoms with van der Waals surface area (Å²) in [5.41, 5.74) is -2.66. The number of H-pyrrole nitrogens is 1.